The van der Waals surface area contributed by atoms with E-state index in [0.29, 0.717) is 5.92 Å². The molecule has 2 heteroatoms. The molecule has 0 saturated carbocycles. The fourth-order valence-electron chi connectivity index (χ4n) is 1.38. The number of ketones is 1. The smallest absolute Gasteiger partial charge is 0.146 e. The van der Waals surface area contributed by atoms with Gasteiger partial charge < -0.3 is 5.32 Å². The number of nitrogens with one attached hydrogen (secondary N) is 1. The second-order valence-corrected chi connectivity index (χ2v) is 2.81. The molecule has 2 unspecified atom stereocenters. The summed E-state index contributed by atoms with van der Waals surface area (Å²) < 4.78 is 0. The first kappa shape index (κ1) is 6.75. The molecule has 0 amide bonds. The summed E-state index contributed by atoms with van der Waals surface area (Å²) in [5, 5.41) is 3.16. The first-order chi connectivity index (χ1) is 4.22. The van der Waals surface area contributed by atoms with E-state index >= 15 is 0 Å². The Bertz CT molecular complexity index is 122. The lowest BCUT2D eigenvalue weighted by molar-refractivity contribution is -0.119. The quantitative estimate of drug-likeness (QED) is 0.558. The van der Waals surface area contributed by atoms with Crippen LogP contribution in [-0.2, 0) is 4.79 Å². The molecule has 1 rings (SSSR count). The SMILES string of the molecule is CC(=O)C1NCCC1C. The van der Waals surface area contributed by atoms with Crippen LogP contribution in [0.3, 0.4) is 0 Å². The molecule has 1 fully saturated rings. The Hall–Kier alpha value is -0.370. The number of rotatable bonds is 1. The van der Waals surface area contributed by atoms with Crippen LogP contribution in [0.1, 0.15) is 20.3 Å². The van der Waals surface area contributed by atoms with Crippen molar-refractivity contribution in [3.63, 3.8) is 0 Å². The molecule has 0 aromatic heterocycles. The van der Waals surface area contributed by atoms with Gasteiger partial charge in [0.05, 0.1) is 6.04 Å². The first-order valence-electron chi connectivity index (χ1n) is 3.45. The number of hydrogen-bond donors (Lipinski definition) is 1. The maximum absolute atomic E-state index is 10.8. The second-order valence-electron chi connectivity index (χ2n) is 2.81. The van der Waals surface area contributed by atoms with Crippen LogP contribution in [0.4, 0.5) is 0 Å². The number of carbonyl (C=O) groups is 1. The Balaban J connectivity index is 2.49. The van der Waals surface area contributed by atoms with Gasteiger partial charge in [0.15, 0.2) is 0 Å². The Kier molecular flexibility index (Phi) is 1.86. The van der Waals surface area contributed by atoms with Crippen LogP contribution in [0, 0.1) is 5.92 Å². The molecule has 0 bridgehead atoms. The molecule has 0 aromatic rings. The van der Waals surface area contributed by atoms with Crippen molar-refractivity contribution >= 4 is 5.78 Å². The zero-order valence-corrected chi connectivity index (χ0v) is 5.98. The predicted octanol–water partition coefficient (Wildman–Crippen LogP) is 0.573. The number of hydrogen-bond acceptors (Lipinski definition) is 2. The van der Waals surface area contributed by atoms with E-state index in [1.165, 1.54) is 0 Å². The molecule has 0 aliphatic carbocycles. The van der Waals surface area contributed by atoms with Crippen LogP contribution in [0.5, 0.6) is 0 Å². The van der Waals surface area contributed by atoms with E-state index < -0.39 is 0 Å². The zero-order chi connectivity index (χ0) is 6.85. The van der Waals surface area contributed by atoms with Gasteiger partial charge in [0, 0.05) is 0 Å². The molecule has 1 aliphatic heterocycles. The largest absolute Gasteiger partial charge is 0.307 e. The molecule has 9 heavy (non-hydrogen) atoms. The van der Waals surface area contributed by atoms with Crippen LogP contribution in [0.2, 0.25) is 0 Å². The van der Waals surface area contributed by atoms with Gasteiger partial charge in [-0.2, -0.15) is 0 Å². The van der Waals surface area contributed by atoms with Crippen LogP contribution in [0.15, 0.2) is 0 Å². The van der Waals surface area contributed by atoms with E-state index in [4.69, 9.17) is 0 Å². The number of carbonyl (C=O) groups excluding carboxylic acids is 1. The zero-order valence-electron chi connectivity index (χ0n) is 5.98. The third-order valence-corrected chi connectivity index (χ3v) is 1.97. The Morgan fingerprint density at radius 2 is 2.33 bits per heavy atom. The molecule has 1 heterocycles. The minimum atomic E-state index is 0.144. The fourth-order valence-corrected chi connectivity index (χ4v) is 1.38. The van der Waals surface area contributed by atoms with Crippen molar-refractivity contribution in [3.05, 3.63) is 0 Å². The maximum atomic E-state index is 10.8. The monoisotopic (exact) mass is 127 g/mol. The summed E-state index contributed by atoms with van der Waals surface area (Å²) in [5.74, 6) is 0.822. The van der Waals surface area contributed by atoms with Crippen molar-refractivity contribution < 1.29 is 4.79 Å². The lowest BCUT2D eigenvalue weighted by atomic mass is 10.0. The van der Waals surface area contributed by atoms with Gasteiger partial charge in [-0.3, -0.25) is 4.79 Å². The summed E-state index contributed by atoms with van der Waals surface area (Å²) in [7, 11) is 0. The van der Waals surface area contributed by atoms with E-state index in [9.17, 15) is 4.79 Å². The minimum absolute atomic E-state index is 0.144. The molecule has 1 N–H and O–H groups in total. The molecule has 0 radical (unpaired) electrons. The molecule has 0 aromatic carbocycles. The fraction of sp³-hybridized carbons (Fsp3) is 0.857. The summed E-state index contributed by atoms with van der Waals surface area (Å²) in [6.07, 6.45) is 1.14. The highest BCUT2D eigenvalue weighted by Crippen LogP contribution is 2.14. The molecule has 52 valence electrons. The third kappa shape index (κ3) is 1.30. The topological polar surface area (TPSA) is 29.1 Å². The van der Waals surface area contributed by atoms with Gasteiger partial charge in [-0.05, 0) is 25.8 Å². The van der Waals surface area contributed by atoms with E-state index in [1.54, 1.807) is 6.92 Å². The minimum Gasteiger partial charge on any atom is -0.307 e. The van der Waals surface area contributed by atoms with Crippen molar-refractivity contribution in [2.24, 2.45) is 5.92 Å². The summed E-state index contributed by atoms with van der Waals surface area (Å²) in [4.78, 5) is 10.8. The normalized spacial score (nSPS) is 34.9. The van der Waals surface area contributed by atoms with Crippen molar-refractivity contribution in [2.45, 2.75) is 26.3 Å². The predicted molar refractivity (Wildman–Crippen MR) is 36.3 cm³/mol. The van der Waals surface area contributed by atoms with E-state index in [-0.39, 0.29) is 11.8 Å². The average Bonchev–Trinajstić information content (AvgIpc) is 2.13. The Morgan fingerprint density at radius 3 is 2.56 bits per heavy atom. The van der Waals surface area contributed by atoms with E-state index in [2.05, 4.69) is 12.2 Å². The molecule has 2 atom stereocenters. The van der Waals surface area contributed by atoms with Gasteiger partial charge in [-0.15, -0.1) is 0 Å². The highest BCUT2D eigenvalue weighted by Gasteiger charge is 2.25. The van der Waals surface area contributed by atoms with Gasteiger partial charge in [-0.25, -0.2) is 0 Å². The van der Waals surface area contributed by atoms with Gasteiger partial charge in [0.1, 0.15) is 5.78 Å². The van der Waals surface area contributed by atoms with Gasteiger partial charge in [-0.1, -0.05) is 6.92 Å². The standard InChI is InChI=1S/C7H13NO/c1-5-3-4-8-7(5)6(2)9/h5,7-8H,3-4H2,1-2H3. The van der Waals surface area contributed by atoms with Crippen LogP contribution < -0.4 is 5.32 Å². The van der Waals surface area contributed by atoms with Crippen LogP contribution >= 0.6 is 0 Å². The highest BCUT2D eigenvalue weighted by molar-refractivity contribution is 5.82. The lowest BCUT2D eigenvalue weighted by Crippen LogP contribution is -2.32. The summed E-state index contributed by atoms with van der Waals surface area (Å²) in [5.41, 5.74) is 0. The molecular formula is C7H13NO. The van der Waals surface area contributed by atoms with Gasteiger partial charge >= 0.3 is 0 Å². The molecular weight excluding hydrogens is 114 g/mol. The maximum Gasteiger partial charge on any atom is 0.146 e. The van der Waals surface area contributed by atoms with Crippen LogP contribution in [-0.4, -0.2) is 18.4 Å². The van der Waals surface area contributed by atoms with E-state index in [1.807, 2.05) is 0 Å². The van der Waals surface area contributed by atoms with Crippen LogP contribution in [0.25, 0.3) is 0 Å². The lowest BCUT2D eigenvalue weighted by Gasteiger charge is -2.09. The van der Waals surface area contributed by atoms with Crippen molar-refractivity contribution in [2.75, 3.05) is 6.54 Å². The van der Waals surface area contributed by atoms with E-state index in [0.717, 1.165) is 13.0 Å². The van der Waals surface area contributed by atoms with Gasteiger partial charge in [0.25, 0.3) is 0 Å². The molecule has 2 nitrogen and oxygen atoms in total. The summed E-state index contributed by atoms with van der Waals surface area (Å²) in [6.45, 7) is 4.77. The summed E-state index contributed by atoms with van der Waals surface area (Å²) >= 11 is 0. The molecule has 0 spiro atoms. The summed E-state index contributed by atoms with van der Waals surface area (Å²) in [6, 6.07) is 0.144. The molecule has 1 aliphatic rings. The van der Waals surface area contributed by atoms with Crippen molar-refractivity contribution in [1.82, 2.24) is 5.32 Å². The Labute approximate surface area is 55.6 Å². The average molecular weight is 127 g/mol. The molecule has 1 saturated heterocycles. The highest BCUT2D eigenvalue weighted by atomic mass is 16.1. The Morgan fingerprint density at radius 1 is 1.67 bits per heavy atom. The van der Waals surface area contributed by atoms with Gasteiger partial charge in [0.2, 0.25) is 0 Å². The second kappa shape index (κ2) is 2.48. The first-order valence-corrected chi connectivity index (χ1v) is 3.45. The van der Waals surface area contributed by atoms with Crippen molar-refractivity contribution in [3.8, 4) is 0 Å². The van der Waals surface area contributed by atoms with Crippen molar-refractivity contribution in [1.29, 1.82) is 0 Å². The third-order valence-electron chi connectivity index (χ3n) is 1.97. The number of Topliss-reactive ketones (excluding diaryl/α,β-unsaturated/α-hetero) is 1.